The molecule has 1 aromatic carbocycles. The minimum Gasteiger partial charge on any atom is -0.466 e. The van der Waals surface area contributed by atoms with Crippen molar-refractivity contribution in [3.8, 4) is 5.75 Å². The molecule has 0 amide bonds. The van der Waals surface area contributed by atoms with Crippen LogP contribution in [0.25, 0.3) is 0 Å². The molecule has 0 fully saturated rings. The number of hydrogen-bond donors (Lipinski definition) is 1. The van der Waals surface area contributed by atoms with E-state index in [0.717, 1.165) is 4.34 Å². The van der Waals surface area contributed by atoms with Gasteiger partial charge in [-0.2, -0.15) is 0 Å². The number of nitrogens with one attached hydrogen (secondary N) is 1. The highest BCUT2D eigenvalue weighted by atomic mass is 32.2. The number of aromatic nitrogens is 2. The number of esters is 1. The maximum Gasteiger partial charge on any atom is 0.573 e. The first-order chi connectivity index (χ1) is 12.4. The van der Waals surface area contributed by atoms with Crippen molar-refractivity contribution < 1.29 is 27.4 Å². The fourth-order valence-electron chi connectivity index (χ4n) is 1.79. The smallest absolute Gasteiger partial charge is 0.466 e. The van der Waals surface area contributed by atoms with Crippen LogP contribution in [0.15, 0.2) is 28.6 Å². The van der Waals surface area contributed by atoms with Gasteiger partial charge in [-0.25, -0.2) is 0 Å². The van der Waals surface area contributed by atoms with Crippen molar-refractivity contribution in [2.75, 3.05) is 17.7 Å². The molecule has 0 aliphatic rings. The fourth-order valence-corrected chi connectivity index (χ4v) is 3.57. The van der Waals surface area contributed by atoms with Crippen LogP contribution in [0.1, 0.15) is 19.8 Å². The van der Waals surface area contributed by atoms with E-state index in [4.69, 9.17) is 4.74 Å². The number of carbonyl (C=O) groups excluding carboxylic acids is 1. The van der Waals surface area contributed by atoms with E-state index in [9.17, 15) is 18.0 Å². The molecule has 1 heterocycles. The van der Waals surface area contributed by atoms with E-state index < -0.39 is 6.36 Å². The van der Waals surface area contributed by atoms with Gasteiger partial charge in [0.15, 0.2) is 4.34 Å². The molecule has 0 saturated carbocycles. The van der Waals surface area contributed by atoms with Crippen molar-refractivity contribution >= 4 is 39.9 Å². The van der Waals surface area contributed by atoms with Crippen LogP contribution in [0.3, 0.4) is 0 Å². The van der Waals surface area contributed by atoms with Crippen molar-refractivity contribution in [1.82, 2.24) is 10.2 Å². The quantitative estimate of drug-likeness (QED) is 0.369. The molecule has 0 bridgehead atoms. The van der Waals surface area contributed by atoms with Crippen LogP contribution in [-0.2, 0) is 9.53 Å². The van der Waals surface area contributed by atoms with Crippen LogP contribution in [-0.4, -0.2) is 34.9 Å². The summed E-state index contributed by atoms with van der Waals surface area (Å²) in [6, 6.07) is 5.33. The largest absolute Gasteiger partial charge is 0.573 e. The van der Waals surface area contributed by atoms with Crippen molar-refractivity contribution in [2.45, 2.75) is 30.5 Å². The van der Waals surface area contributed by atoms with Crippen LogP contribution < -0.4 is 10.1 Å². The van der Waals surface area contributed by atoms with Crippen LogP contribution in [0.4, 0.5) is 24.0 Å². The normalized spacial score (nSPS) is 11.2. The molecular weight excluding hydrogens is 391 g/mol. The zero-order chi connectivity index (χ0) is 19.0. The summed E-state index contributed by atoms with van der Waals surface area (Å²) in [5.41, 5.74) is 0.564. The molecule has 0 radical (unpaired) electrons. The minimum absolute atomic E-state index is 0.217. The monoisotopic (exact) mass is 407 g/mol. The zero-order valence-corrected chi connectivity index (χ0v) is 15.3. The summed E-state index contributed by atoms with van der Waals surface area (Å²) in [5.74, 6) is 0.195. The molecule has 0 aliphatic carbocycles. The summed E-state index contributed by atoms with van der Waals surface area (Å²) in [6.45, 7) is 2.14. The van der Waals surface area contributed by atoms with E-state index in [1.165, 1.54) is 47.4 Å². The van der Waals surface area contributed by atoms with Gasteiger partial charge in [0.2, 0.25) is 5.13 Å². The number of nitrogens with zero attached hydrogens (tertiary/aromatic N) is 2. The van der Waals surface area contributed by atoms with E-state index >= 15 is 0 Å². The first-order valence-electron chi connectivity index (χ1n) is 7.60. The van der Waals surface area contributed by atoms with Crippen molar-refractivity contribution in [2.24, 2.45) is 0 Å². The number of thioether (sulfide) groups is 1. The number of hydrogen-bond acceptors (Lipinski definition) is 8. The highest BCUT2D eigenvalue weighted by molar-refractivity contribution is 8.01. The lowest BCUT2D eigenvalue weighted by atomic mass is 10.3. The Hall–Kier alpha value is -2.01. The third-order valence-electron chi connectivity index (χ3n) is 2.80. The highest BCUT2D eigenvalue weighted by Crippen LogP contribution is 2.29. The lowest BCUT2D eigenvalue weighted by Gasteiger charge is -2.09. The lowest BCUT2D eigenvalue weighted by molar-refractivity contribution is -0.274. The maximum atomic E-state index is 12.1. The number of alkyl halides is 3. The van der Waals surface area contributed by atoms with Gasteiger partial charge in [0.1, 0.15) is 5.75 Å². The van der Waals surface area contributed by atoms with Gasteiger partial charge in [-0.1, -0.05) is 23.1 Å². The average Bonchev–Trinajstić information content (AvgIpc) is 3.00. The summed E-state index contributed by atoms with van der Waals surface area (Å²) < 4.78 is 45.7. The fraction of sp³-hybridized carbons (Fsp3) is 0.400. The van der Waals surface area contributed by atoms with E-state index in [-0.39, 0.29) is 11.7 Å². The van der Waals surface area contributed by atoms with Crippen LogP contribution >= 0.6 is 23.1 Å². The molecule has 0 saturated heterocycles. The summed E-state index contributed by atoms with van der Waals surface area (Å²) in [4.78, 5) is 11.2. The molecule has 26 heavy (non-hydrogen) atoms. The van der Waals surface area contributed by atoms with Crippen molar-refractivity contribution in [3.05, 3.63) is 24.3 Å². The third-order valence-corrected chi connectivity index (χ3v) is 4.86. The predicted octanol–water partition coefficient (Wildman–Crippen LogP) is 4.62. The lowest BCUT2D eigenvalue weighted by Crippen LogP contribution is -2.16. The summed E-state index contributed by atoms with van der Waals surface area (Å²) in [7, 11) is 0. The first-order valence-corrected chi connectivity index (χ1v) is 9.40. The number of carbonyl (C=O) groups is 1. The molecular formula is C15H16F3N3O3S2. The zero-order valence-electron chi connectivity index (χ0n) is 13.7. The molecule has 2 aromatic rings. The van der Waals surface area contributed by atoms with E-state index in [2.05, 4.69) is 20.3 Å². The minimum atomic E-state index is -4.71. The maximum absolute atomic E-state index is 12.1. The number of rotatable bonds is 9. The Morgan fingerprint density at radius 3 is 2.65 bits per heavy atom. The molecule has 11 heteroatoms. The SMILES string of the molecule is CCOC(=O)CCCSc1nnc(Nc2ccc(OC(F)(F)F)cc2)s1. The number of halogens is 3. The Balaban J connectivity index is 1.78. The highest BCUT2D eigenvalue weighted by Gasteiger charge is 2.30. The number of benzene rings is 1. The van der Waals surface area contributed by atoms with Crippen LogP contribution in [0, 0.1) is 0 Å². The molecule has 2 rings (SSSR count). The molecule has 1 N–H and O–H groups in total. The van der Waals surface area contributed by atoms with Gasteiger partial charge in [0.05, 0.1) is 6.61 Å². The first kappa shape index (κ1) is 20.3. The molecule has 0 unspecified atom stereocenters. The number of anilines is 2. The topological polar surface area (TPSA) is 73.3 Å². The molecule has 0 aliphatic heterocycles. The number of ether oxygens (including phenoxy) is 2. The van der Waals surface area contributed by atoms with Crippen molar-refractivity contribution in [3.63, 3.8) is 0 Å². The third kappa shape index (κ3) is 7.48. The van der Waals surface area contributed by atoms with Gasteiger partial charge in [-0.3, -0.25) is 4.79 Å². The Morgan fingerprint density at radius 2 is 2.00 bits per heavy atom. The van der Waals surface area contributed by atoms with Gasteiger partial charge in [0, 0.05) is 17.9 Å². The molecule has 6 nitrogen and oxygen atoms in total. The van der Waals surface area contributed by atoms with Crippen LogP contribution in [0.2, 0.25) is 0 Å². The average molecular weight is 407 g/mol. The summed E-state index contributed by atoms with van der Waals surface area (Å²) in [6.07, 6.45) is -3.68. The van der Waals surface area contributed by atoms with Crippen molar-refractivity contribution in [1.29, 1.82) is 0 Å². The second-order valence-electron chi connectivity index (χ2n) is 4.83. The van der Waals surface area contributed by atoms with Gasteiger partial charge >= 0.3 is 12.3 Å². The molecule has 142 valence electrons. The Morgan fingerprint density at radius 1 is 1.27 bits per heavy atom. The standard InChI is InChI=1S/C15H16F3N3O3S2/c1-2-23-12(22)4-3-9-25-14-21-20-13(26-14)19-10-5-7-11(8-6-10)24-15(16,17)18/h5-8H,2-4,9H2,1H3,(H,19,20). The van der Waals surface area contributed by atoms with Gasteiger partial charge < -0.3 is 14.8 Å². The van der Waals surface area contributed by atoms with Gasteiger partial charge in [-0.15, -0.1) is 23.4 Å². The summed E-state index contributed by atoms with van der Waals surface area (Å²) >= 11 is 2.79. The second kappa shape index (κ2) is 9.62. The summed E-state index contributed by atoms with van der Waals surface area (Å²) in [5, 5.41) is 11.5. The predicted molar refractivity (Wildman–Crippen MR) is 92.9 cm³/mol. The molecule has 0 spiro atoms. The Bertz CT molecular complexity index is 708. The Labute approximate surface area is 156 Å². The Kier molecular flexibility index (Phi) is 7.51. The van der Waals surface area contributed by atoms with E-state index in [1.54, 1.807) is 6.92 Å². The molecule has 1 aromatic heterocycles. The van der Waals surface area contributed by atoms with E-state index in [0.29, 0.717) is 36.0 Å². The van der Waals surface area contributed by atoms with Crippen LogP contribution in [0.5, 0.6) is 5.75 Å². The molecule has 0 atom stereocenters. The van der Waals surface area contributed by atoms with Gasteiger partial charge in [-0.05, 0) is 37.6 Å². The van der Waals surface area contributed by atoms with E-state index in [1.807, 2.05) is 0 Å². The second-order valence-corrected chi connectivity index (χ2v) is 7.15. The van der Waals surface area contributed by atoms with Gasteiger partial charge in [0.25, 0.3) is 0 Å².